The van der Waals surface area contributed by atoms with E-state index in [-0.39, 0.29) is 11.9 Å². The quantitative estimate of drug-likeness (QED) is 0.289. The van der Waals surface area contributed by atoms with Gasteiger partial charge in [-0.05, 0) is 63.3 Å². The number of carbonyl (C=O) groups excluding carboxylic acids is 2. The lowest BCUT2D eigenvalue weighted by molar-refractivity contribution is -0.139. The molecular weight excluding hydrogens is 332 g/mol. The monoisotopic (exact) mass is 362 g/mol. The number of rotatable bonds is 13. The van der Waals surface area contributed by atoms with Crippen molar-refractivity contribution in [3.8, 4) is 5.75 Å². The fourth-order valence-electron chi connectivity index (χ4n) is 2.12. The Morgan fingerprint density at radius 1 is 0.885 bits per heavy atom. The maximum absolute atomic E-state index is 11.8. The van der Waals surface area contributed by atoms with Gasteiger partial charge >= 0.3 is 11.9 Å². The molecular formula is C21H30O5. The maximum Gasteiger partial charge on any atom is 0.338 e. The normalized spacial score (nSPS) is 10.2. The molecule has 1 aromatic rings. The second kappa shape index (κ2) is 13.0. The molecule has 0 amide bonds. The summed E-state index contributed by atoms with van der Waals surface area (Å²) >= 11 is 0. The van der Waals surface area contributed by atoms with Crippen LogP contribution in [0.1, 0.15) is 62.7 Å². The van der Waals surface area contributed by atoms with Crippen molar-refractivity contribution >= 4 is 11.9 Å². The van der Waals surface area contributed by atoms with E-state index >= 15 is 0 Å². The Balaban J connectivity index is 2.11. The minimum absolute atomic E-state index is 0.294. The third-order valence-electron chi connectivity index (χ3n) is 3.71. The zero-order valence-corrected chi connectivity index (χ0v) is 15.9. The van der Waals surface area contributed by atoms with E-state index in [4.69, 9.17) is 14.2 Å². The van der Waals surface area contributed by atoms with Crippen LogP contribution in [0.4, 0.5) is 0 Å². The van der Waals surface area contributed by atoms with E-state index in [1.165, 1.54) is 0 Å². The summed E-state index contributed by atoms with van der Waals surface area (Å²) in [5, 5.41) is 0. The summed E-state index contributed by atoms with van der Waals surface area (Å²) in [5.74, 6) is 0.119. The lowest BCUT2D eigenvalue weighted by Crippen LogP contribution is -2.06. The maximum atomic E-state index is 11.8. The van der Waals surface area contributed by atoms with Gasteiger partial charge < -0.3 is 14.2 Å². The van der Waals surface area contributed by atoms with Crippen LogP contribution in [0, 0.1) is 0 Å². The first-order valence-electron chi connectivity index (χ1n) is 9.27. The Kier molecular flexibility index (Phi) is 10.9. The highest BCUT2D eigenvalue weighted by Gasteiger charge is 2.06. The predicted octanol–water partition coefficient (Wildman–Crippen LogP) is 4.70. The average molecular weight is 362 g/mol. The van der Waals surface area contributed by atoms with E-state index in [0.29, 0.717) is 31.0 Å². The Labute approximate surface area is 156 Å². The Morgan fingerprint density at radius 2 is 1.50 bits per heavy atom. The van der Waals surface area contributed by atoms with Crippen LogP contribution in [0.25, 0.3) is 0 Å². The van der Waals surface area contributed by atoms with Gasteiger partial charge in [0.2, 0.25) is 0 Å². The Bertz CT molecular complexity index is 562. The molecule has 0 aliphatic heterocycles. The molecule has 0 saturated carbocycles. The molecule has 0 aromatic heterocycles. The Hall–Kier alpha value is -2.30. The molecule has 0 spiro atoms. The molecule has 0 fully saturated rings. The van der Waals surface area contributed by atoms with Crippen molar-refractivity contribution in [1.29, 1.82) is 0 Å². The van der Waals surface area contributed by atoms with Crippen molar-refractivity contribution in [2.45, 2.75) is 52.4 Å². The first-order valence-corrected chi connectivity index (χ1v) is 9.27. The van der Waals surface area contributed by atoms with Crippen LogP contribution in [0.3, 0.4) is 0 Å². The fraction of sp³-hybridized carbons (Fsp3) is 0.524. The molecule has 0 atom stereocenters. The number of benzene rings is 1. The standard InChI is InChI=1S/C21H30O5/c1-4-5-14-26-21(23)18-10-12-19(13-11-18)24-15-8-6-7-9-16-25-20(22)17(2)3/h10-13H,2,4-9,14-16H2,1,3H3. The molecule has 5 nitrogen and oxygen atoms in total. The van der Waals surface area contributed by atoms with Crippen LogP contribution in [0.5, 0.6) is 5.75 Å². The number of esters is 2. The van der Waals surface area contributed by atoms with Crippen LogP contribution in [0.15, 0.2) is 36.4 Å². The van der Waals surface area contributed by atoms with Crippen LogP contribution in [-0.4, -0.2) is 31.8 Å². The number of hydrogen-bond donors (Lipinski definition) is 0. The second-order valence-electron chi connectivity index (χ2n) is 6.19. The van der Waals surface area contributed by atoms with Crippen molar-refractivity contribution in [2.24, 2.45) is 0 Å². The van der Waals surface area contributed by atoms with Gasteiger partial charge in [-0.1, -0.05) is 19.9 Å². The van der Waals surface area contributed by atoms with Gasteiger partial charge in [-0.2, -0.15) is 0 Å². The predicted molar refractivity (Wildman–Crippen MR) is 101 cm³/mol. The summed E-state index contributed by atoms with van der Waals surface area (Å²) < 4.78 is 15.9. The average Bonchev–Trinajstić information content (AvgIpc) is 2.64. The van der Waals surface area contributed by atoms with E-state index < -0.39 is 0 Å². The smallest absolute Gasteiger partial charge is 0.338 e. The fourth-order valence-corrected chi connectivity index (χ4v) is 2.12. The van der Waals surface area contributed by atoms with Gasteiger partial charge in [0.1, 0.15) is 5.75 Å². The number of unbranched alkanes of at least 4 members (excludes halogenated alkanes) is 4. The highest BCUT2D eigenvalue weighted by atomic mass is 16.5. The lowest BCUT2D eigenvalue weighted by Gasteiger charge is -2.08. The van der Waals surface area contributed by atoms with Crippen molar-refractivity contribution in [2.75, 3.05) is 19.8 Å². The molecule has 1 aromatic carbocycles. The largest absolute Gasteiger partial charge is 0.494 e. The number of carbonyl (C=O) groups is 2. The number of ether oxygens (including phenoxy) is 3. The highest BCUT2D eigenvalue weighted by molar-refractivity contribution is 5.89. The van der Waals surface area contributed by atoms with E-state index in [1.54, 1.807) is 31.2 Å². The third kappa shape index (κ3) is 9.25. The number of hydrogen-bond acceptors (Lipinski definition) is 5. The van der Waals surface area contributed by atoms with Gasteiger partial charge in [0.05, 0.1) is 25.4 Å². The van der Waals surface area contributed by atoms with Gasteiger partial charge in [-0.25, -0.2) is 9.59 Å². The zero-order chi connectivity index (χ0) is 19.2. The highest BCUT2D eigenvalue weighted by Crippen LogP contribution is 2.14. The lowest BCUT2D eigenvalue weighted by atomic mass is 10.2. The van der Waals surface area contributed by atoms with E-state index in [2.05, 4.69) is 13.5 Å². The summed E-state index contributed by atoms with van der Waals surface area (Å²) in [7, 11) is 0. The summed E-state index contributed by atoms with van der Waals surface area (Å²) in [6.45, 7) is 8.74. The minimum atomic E-state index is -0.328. The molecule has 0 aliphatic carbocycles. The summed E-state index contributed by atoms with van der Waals surface area (Å²) in [6.07, 6.45) is 5.63. The van der Waals surface area contributed by atoms with Crippen LogP contribution < -0.4 is 4.74 Å². The van der Waals surface area contributed by atoms with Crippen molar-refractivity contribution in [3.63, 3.8) is 0 Å². The van der Waals surface area contributed by atoms with Gasteiger partial charge in [-0.3, -0.25) is 0 Å². The van der Waals surface area contributed by atoms with E-state index in [1.807, 2.05) is 0 Å². The van der Waals surface area contributed by atoms with Crippen LogP contribution in [0.2, 0.25) is 0 Å². The van der Waals surface area contributed by atoms with Crippen molar-refractivity contribution < 1.29 is 23.8 Å². The minimum Gasteiger partial charge on any atom is -0.494 e. The van der Waals surface area contributed by atoms with E-state index in [0.717, 1.165) is 44.3 Å². The molecule has 0 saturated heterocycles. The molecule has 0 N–H and O–H groups in total. The SMILES string of the molecule is C=C(C)C(=O)OCCCCCCOc1ccc(C(=O)OCCCC)cc1. The van der Waals surface area contributed by atoms with Gasteiger partial charge in [0.15, 0.2) is 0 Å². The first kappa shape index (κ1) is 21.7. The molecule has 0 radical (unpaired) electrons. The second-order valence-corrected chi connectivity index (χ2v) is 6.19. The summed E-state index contributed by atoms with van der Waals surface area (Å²) in [6, 6.07) is 7.01. The van der Waals surface area contributed by atoms with Crippen molar-refractivity contribution in [3.05, 3.63) is 42.0 Å². The summed E-state index contributed by atoms with van der Waals surface area (Å²) in [4.78, 5) is 23.0. The summed E-state index contributed by atoms with van der Waals surface area (Å²) in [5.41, 5.74) is 0.969. The topological polar surface area (TPSA) is 61.8 Å². The molecule has 144 valence electrons. The van der Waals surface area contributed by atoms with Crippen LogP contribution in [-0.2, 0) is 14.3 Å². The molecule has 5 heteroatoms. The first-order chi connectivity index (χ1) is 12.5. The molecule has 0 heterocycles. The van der Waals surface area contributed by atoms with Crippen LogP contribution >= 0.6 is 0 Å². The molecule has 0 bridgehead atoms. The van der Waals surface area contributed by atoms with E-state index in [9.17, 15) is 9.59 Å². The van der Waals surface area contributed by atoms with Crippen molar-refractivity contribution in [1.82, 2.24) is 0 Å². The zero-order valence-electron chi connectivity index (χ0n) is 15.9. The third-order valence-corrected chi connectivity index (χ3v) is 3.71. The molecule has 26 heavy (non-hydrogen) atoms. The van der Waals surface area contributed by atoms with Gasteiger partial charge in [-0.15, -0.1) is 0 Å². The van der Waals surface area contributed by atoms with Gasteiger partial charge in [0, 0.05) is 5.57 Å². The Morgan fingerprint density at radius 3 is 2.12 bits per heavy atom. The molecule has 0 unspecified atom stereocenters. The molecule has 0 aliphatic rings. The van der Waals surface area contributed by atoms with Gasteiger partial charge in [0.25, 0.3) is 0 Å². The molecule has 1 rings (SSSR count).